The van der Waals surface area contributed by atoms with Crippen LogP contribution in [0.3, 0.4) is 0 Å². The number of nitrogens with zero attached hydrogens (tertiary/aromatic N) is 2. The number of amides is 2. The molecule has 3 fully saturated rings. The molecule has 0 aromatic heterocycles. The van der Waals surface area contributed by atoms with E-state index in [2.05, 4.69) is 24.1 Å². The average molecular weight is 340 g/mol. The Morgan fingerprint density at radius 3 is 2.57 bits per heavy atom. The van der Waals surface area contributed by atoms with E-state index in [0.29, 0.717) is 11.9 Å². The third kappa shape index (κ3) is 3.85. The molecule has 2 saturated heterocycles. The fourth-order valence-electron chi connectivity index (χ4n) is 3.96. The average Bonchev–Trinajstić information content (AvgIpc) is 3.26. The second-order valence-electron chi connectivity index (χ2n) is 7.39. The molecule has 1 saturated carbocycles. The fraction of sp³-hybridized carbons (Fsp3) is 0.882. The number of carbonyl (C=O) groups excluding carboxylic acids is 2. The van der Waals surface area contributed by atoms with Gasteiger partial charge in [-0.3, -0.25) is 14.5 Å². The first-order chi connectivity index (χ1) is 11.1. The summed E-state index contributed by atoms with van der Waals surface area (Å²) < 4.78 is 0. The molecule has 0 spiro atoms. The van der Waals surface area contributed by atoms with E-state index >= 15 is 0 Å². The zero-order chi connectivity index (χ0) is 16.4. The highest BCUT2D eigenvalue weighted by atomic mass is 32.2. The molecule has 2 amide bonds. The van der Waals surface area contributed by atoms with Crippen LogP contribution in [0.2, 0.25) is 0 Å². The molecule has 0 aromatic rings. The number of thioether (sulfide) groups is 1. The van der Waals surface area contributed by atoms with Crippen LogP contribution in [0, 0.1) is 5.92 Å². The SMILES string of the molecule is CC(C)N1CC[C@H](NC(=O)[C@@H]2CSCN2C(=O)C2CCCC2)C1. The van der Waals surface area contributed by atoms with Gasteiger partial charge in [0.2, 0.25) is 11.8 Å². The Morgan fingerprint density at radius 1 is 1.17 bits per heavy atom. The minimum Gasteiger partial charge on any atom is -0.350 e. The normalized spacial score (nSPS) is 29.6. The molecule has 3 rings (SSSR count). The monoisotopic (exact) mass is 339 g/mol. The molecule has 2 aliphatic heterocycles. The second kappa shape index (κ2) is 7.43. The molecule has 0 unspecified atom stereocenters. The van der Waals surface area contributed by atoms with Gasteiger partial charge in [0.25, 0.3) is 0 Å². The van der Waals surface area contributed by atoms with E-state index in [-0.39, 0.29) is 29.8 Å². The van der Waals surface area contributed by atoms with E-state index in [4.69, 9.17) is 0 Å². The molecular weight excluding hydrogens is 310 g/mol. The first kappa shape index (κ1) is 17.1. The van der Waals surface area contributed by atoms with Gasteiger partial charge in [-0.05, 0) is 33.1 Å². The first-order valence-electron chi connectivity index (χ1n) is 8.99. The predicted octanol–water partition coefficient (Wildman–Crippen LogP) is 1.68. The van der Waals surface area contributed by atoms with Crippen LogP contribution in [-0.2, 0) is 9.59 Å². The lowest BCUT2D eigenvalue weighted by Gasteiger charge is -2.27. The molecule has 130 valence electrons. The van der Waals surface area contributed by atoms with E-state index in [0.717, 1.165) is 50.9 Å². The number of rotatable bonds is 4. The summed E-state index contributed by atoms with van der Waals surface area (Å²) in [6.07, 6.45) is 5.32. The third-order valence-corrected chi connectivity index (χ3v) is 6.48. The molecule has 6 heteroatoms. The zero-order valence-electron chi connectivity index (χ0n) is 14.3. The van der Waals surface area contributed by atoms with Gasteiger partial charge in [-0.25, -0.2) is 0 Å². The standard InChI is InChI=1S/C17H29N3O2S/c1-12(2)19-8-7-14(9-19)18-16(21)15-10-23-11-20(15)17(22)13-5-3-4-6-13/h12-15H,3-11H2,1-2H3,(H,18,21)/t14-,15-/m0/s1. The van der Waals surface area contributed by atoms with Crippen molar-refractivity contribution in [3.8, 4) is 0 Å². The van der Waals surface area contributed by atoms with Crippen LogP contribution in [-0.4, -0.2) is 64.5 Å². The van der Waals surface area contributed by atoms with Crippen molar-refractivity contribution < 1.29 is 9.59 Å². The molecule has 3 aliphatic rings. The maximum Gasteiger partial charge on any atom is 0.243 e. The highest BCUT2D eigenvalue weighted by Crippen LogP contribution is 2.31. The summed E-state index contributed by atoms with van der Waals surface area (Å²) in [6, 6.07) is 0.500. The van der Waals surface area contributed by atoms with E-state index in [9.17, 15) is 9.59 Å². The highest BCUT2D eigenvalue weighted by Gasteiger charge is 2.39. The van der Waals surface area contributed by atoms with Crippen molar-refractivity contribution in [2.75, 3.05) is 24.7 Å². The zero-order valence-corrected chi connectivity index (χ0v) is 15.1. The molecule has 1 N–H and O–H groups in total. The maximum atomic E-state index is 12.7. The Morgan fingerprint density at radius 2 is 1.91 bits per heavy atom. The Bertz CT molecular complexity index is 451. The van der Waals surface area contributed by atoms with E-state index in [1.165, 1.54) is 0 Å². The van der Waals surface area contributed by atoms with Gasteiger partial charge in [0, 0.05) is 36.8 Å². The summed E-state index contributed by atoms with van der Waals surface area (Å²) >= 11 is 1.70. The van der Waals surface area contributed by atoms with Crippen LogP contribution >= 0.6 is 11.8 Å². The summed E-state index contributed by atoms with van der Waals surface area (Å²) in [5.41, 5.74) is 0. The largest absolute Gasteiger partial charge is 0.350 e. The van der Waals surface area contributed by atoms with Gasteiger partial charge in [-0.1, -0.05) is 12.8 Å². The topological polar surface area (TPSA) is 52.7 Å². The van der Waals surface area contributed by atoms with Gasteiger partial charge in [-0.2, -0.15) is 0 Å². The van der Waals surface area contributed by atoms with Crippen LogP contribution in [0.1, 0.15) is 46.0 Å². The van der Waals surface area contributed by atoms with Gasteiger partial charge < -0.3 is 10.2 Å². The lowest BCUT2D eigenvalue weighted by Crippen LogP contribution is -2.51. The number of carbonyl (C=O) groups is 2. The van der Waals surface area contributed by atoms with E-state index in [1.54, 1.807) is 11.8 Å². The minimum absolute atomic E-state index is 0.0527. The molecule has 0 bridgehead atoms. The Kier molecular flexibility index (Phi) is 5.52. The van der Waals surface area contributed by atoms with Crippen molar-refractivity contribution in [1.29, 1.82) is 0 Å². The summed E-state index contributed by atoms with van der Waals surface area (Å²) in [6.45, 7) is 6.37. The van der Waals surface area contributed by atoms with Crippen molar-refractivity contribution in [2.45, 2.75) is 64.1 Å². The second-order valence-corrected chi connectivity index (χ2v) is 8.39. The van der Waals surface area contributed by atoms with Gasteiger partial charge in [0.1, 0.15) is 6.04 Å². The molecule has 2 heterocycles. The third-order valence-electron chi connectivity index (χ3n) is 5.47. The molecule has 0 aromatic carbocycles. The highest BCUT2D eigenvalue weighted by molar-refractivity contribution is 7.99. The van der Waals surface area contributed by atoms with Crippen LogP contribution in [0.15, 0.2) is 0 Å². The van der Waals surface area contributed by atoms with Gasteiger partial charge in [0.05, 0.1) is 5.88 Å². The molecular formula is C17H29N3O2S. The van der Waals surface area contributed by atoms with Gasteiger partial charge in [-0.15, -0.1) is 11.8 Å². The number of hydrogen-bond acceptors (Lipinski definition) is 4. The lowest BCUT2D eigenvalue weighted by molar-refractivity contribution is -0.141. The minimum atomic E-state index is -0.263. The quantitative estimate of drug-likeness (QED) is 0.847. The Hall–Kier alpha value is -0.750. The molecule has 23 heavy (non-hydrogen) atoms. The number of nitrogens with one attached hydrogen (secondary N) is 1. The van der Waals surface area contributed by atoms with Crippen LogP contribution in [0.25, 0.3) is 0 Å². The first-order valence-corrected chi connectivity index (χ1v) is 10.1. The Balaban J connectivity index is 1.55. The van der Waals surface area contributed by atoms with Crippen molar-refractivity contribution in [3.05, 3.63) is 0 Å². The van der Waals surface area contributed by atoms with Crippen molar-refractivity contribution in [2.24, 2.45) is 5.92 Å². The summed E-state index contributed by atoms with van der Waals surface area (Å²) in [5.74, 6) is 1.84. The lowest BCUT2D eigenvalue weighted by atomic mass is 10.1. The summed E-state index contributed by atoms with van der Waals surface area (Å²) in [5, 5.41) is 3.19. The Labute approximate surface area is 143 Å². The smallest absolute Gasteiger partial charge is 0.243 e. The summed E-state index contributed by atoms with van der Waals surface area (Å²) in [4.78, 5) is 29.6. The molecule has 2 atom stereocenters. The van der Waals surface area contributed by atoms with Crippen molar-refractivity contribution in [1.82, 2.24) is 15.1 Å². The van der Waals surface area contributed by atoms with Crippen LogP contribution in [0.4, 0.5) is 0 Å². The molecule has 0 radical (unpaired) electrons. The van der Waals surface area contributed by atoms with Crippen LogP contribution < -0.4 is 5.32 Å². The van der Waals surface area contributed by atoms with E-state index < -0.39 is 0 Å². The number of hydrogen-bond donors (Lipinski definition) is 1. The van der Waals surface area contributed by atoms with Gasteiger partial charge in [0.15, 0.2) is 0 Å². The van der Waals surface area contributed by atoms with E-state index in [1.807, 2.05) is 4.90 Å². The molecule has 1 aliphatic carbocycles. The maximum absolute atomic E-state index is 12.7. The fourth-order valence-corrected chi connectivity index (χ4v) is 5.12. The summed E-state index contributed by atoms with van der Waals surface area (Å²) in [7, 11) is 0. The molecule has 5 nitrogen and oxygen atoms in total. The van der Waals surface area contributed by atoms with Crippen molar-refractivity contribution >= 4 is 23.6 Å². The number of likely N-dealkylation sites (tertiary alicyclic amines) is 1. The van der Waals surface area contributed by atoms with Crippen LogP contribution in [0.5, 0.6) is 0 Å². The predicted molar refractivity (Wildman–Crippen MR) is 93.2 cm³/mol. The van der Waals surface area contributed by atoms with Crippen molar-refractivity contribution in [3.63, 3.8) is 0 Å². The van der Waals surface area contributed by atoms with Gasteiger partial charge >= 0.3 is 0 Å².